The summed E-state index contributed by atoms with van der Waals surface area (Å²) in [6, 6.07) is 0. The first kappa shape index (κ1) is 33.6. The van der Waals surface area contributed by atoms with E-state index in [1.807, 2.05) is 0 Å². The maximum Gasteiger partial charge on any atom is 0.325 e. The van der Waals surface area contributed by atoms with Crippen molar-refractivity contribution in [2.75, 3.05) is 11.5 Å². The number of hydrogen-bond donors (Lipinski definition) is 2. The monoisotopic (exact) mass is 552 g/mol. The van der Waals surface area contributed by atoms with Crippen LogP contribution >= 0.6 is 23.5 Å². The molecule has 2 N–H and O–H groups in total. The first-order valence-corrected chi connectivity index (χ1v) is 17.6. The molecule has 0 radical (unpaired) electrons. The Kier molecular flexibility index (Phi) is 27.7. The van der Waals surface area contributed by atoms with Gasteiger partial charge in [0, 0.05) is 11.5 Å². The van der Waals surface area contributed by atoms with Crippen LogP contribution in [0, 0.1) is 0 Å². The van der Waals surface area contributed by atoms with Gasteiger partial charge in [-0.15, -0.1) is 0 Å². The molecule has 0 spiro atoms. The van der Waals surface area contributed by atoms with Gasteiger partial charge in [0.05, 0.1) is 0 Å². The predicted octanol–water partition coefficient (Wildman–Crippen LogP) is 10.7. The van der Waals surface area contributed by atoms with Crippen LogP contribution in [-0.4, -0.2) is 21.3 Å². The Hall–Kier alpha value is 0.630. The minimum Gasteiger partial charge on any atom is -0.324 e. The number of unbranched alkanes of at least 4 members (excludes halogenated alkanes) is 25. The number of alkyl halides is 1. The molecule has 0 atom stereocenters. The highest BCUT2D eigenvalue weighted by Gasteiger charge is 2.10. The standard InChI is InChI=1S/C28H58BrO3P/c29-27-25-23-21-19-17-15-13-11-9-7-5-3-1-2-4-6-8-10-12-14-16-18-20-22-24-26-28-33(30,31)32/h1-28H2,(H2,30,31,32). The summed E-state index contributed by atoms with van der Waals surface area (Å²) in [4.78, 5) is 17.6. The summed E-state index contributed by atoms with van der Waals surface area (Å²) in [5, 5.41) is 1.17. The van der Waals surface area contributed by atoms with E-state index in [-0.39, 0.29) is 6.16 Å². The molecule has 0 aromatic rings. The van der Waals surface area contributed by atoms with E-state index in [1.165, 1.54) is 153 Å². The second-order valence-corrected chi connectivity index (χ2v) is 12.8. The lowest BCUT2D eigenvalue weighted by Gasteiger charge is -2.05. The predicted molar refractivity (Wildman–Crippen MR) is 151 cm³/mol. The molecule has 0 aromatic carbocycles. The van der Waals surface area contributed by atoms with E-state index >= 15 is 0 Å². The van der Waals surface area contributed by atoms with Crippen LogP contribution in [0.3, 0.4) is 0 Å². The summed E-state index contributed by atoms with van der Waals surface area (Å²) in [6.45, 7) is 0. The third kappa shape index (κ3) is 32.6. The lowest BCUT2D eigenvalue weighted by molar-refractivity contribution is 0.370. The molecule has 0 aliphatic carbocycles. The van der Waals surface area contributed by atoms with Crippen LogP contribution in [0.25, 0.3) is 0 Å². The first-order chi connectivity index (χ1) is 16.1. The smallest absolute Gasteiger partial charge is 0.324 e. The maximum absolute atomic E-state index is 10.8. The molecule has 0 heterocycles. The number of rotatable bonds is 28. The van der Waals surface area contributed by atoms with E-state index in [1.54, 1.807) is 0 Å². The van der Waals surface area contributed by atoms with Crippen LogP contribution in [-0.2, 0) is 4.57 Å². The molecule has 3 nitrogen and oxygen atoms in total. The van der Waals surface area contributed by atoms with Crippen molar-refractivity contribution in [3.8, 4) is 0 Å². The van der Waals surface area contributed by atoms with E-state index in [0.29, 0.717) is 6.42 Å². The zero-order valence-corrected chi connectivity index (χ0v) is 24.4. The molecule has 0 aromatic heterocycles. The Morgan fingerprint density at radius 1 is 0.364 bits per heavy atom. The molecule has 33 heavy (non-hydrogen) atoms. The fourth-order valence-corrected chi connectivity index (χ4v) is 5.69. The molecule has 0 saturated heterocycles. The minimum atomic E-state index is -3.77. The zero-order chi connectivity index (χ0) is 24.3. The van der Waals surface area contributed by atoms with Crippen molar-refractivity contribution in [2.24, 2.45) is 0 Å². The van der Waals surface area contributed by atoms with Gasteiger partial charge >= 0.3 is 7.60 Å². The first-order valence-electron chi connectivity index (χ1n) is 14.7. The Labute approximate surface area is 216 Å². The van der Waals surface area contributed by atoms with Gasteiger partial charge in [0.25, 0.3) is 0 Å². The molecule has 0 rings (SSSR count). The van der Waals surface area contributed by atoms with Crippen LogP contribution in [0.15, 0.2) is 0 Å². The van der Waals surface area contributed by atoms with Crippen molar-refractivity contribution in [3.05, 3.63) is 0 Å². The molecule has 5 heteroatoms. The van der Waals surface area contributed by atoms with Crippen LogP contribution in [0.1, 0.15) is 167 Å². The Morgan fingerprint density at radius 3 is 0.727 bits per heavy atom. The van der Waals surface area contributed by atoms with Gasteiger partial charge in [-0.1, -0.05) is 170 Å². The Bertz CT molecular complexity index is 414. The van der Waals surface area contributed by atoms with Gasteiger partial charge in [-0.3, -0.25) is 4.57 Å². The molecule has 0 unspecified atom stereocenters. The lowest BCUT2D eigenvalue weighted by Crippen LogP contribution is -1.88. The van der Waals surface area contributed by atoms with E-state index in [4.69, 9.17) is 9.79 Å². The van der Waals surface area contributed by atoms with E-state index in [0.717, 1.165) is 12.8 Å². The van der Waals surface area contributed by atoms with Gasteiger partial charge in [-0.25, -0.2) is 0 Å². The lowest BCUT2D eigenvalue weighted by atomic mass is 10.0. The van der Waals surface area contributed by atoms with Crippen molar-refractivity contribution in [1.82, 2.24) is 0 Å². The molecule has 0 aliphatic heterocycles. The average Bonchev–Trinajstić information content (AvgIpc) is 2.78. The van der Waals surface area contributed by atoms with Crippen LogP contribution in [0.5, 0.6) is 0 Å². The molecular weight excluding hydrogens is 495 g/mol. The third-order valence-electron chi connectivity index (χ3n) is 6.83. The Morgan fingerprint density at radius 2 is 0.545 bits per heavy atom. The normalized spacial score (nSPS) is 12.0. The van der Waals surface area contributed by atoms with Crippen molar-refractivity contribution < 1.29 is 14.4 Å². The number of halogens is 1. The fourth-order valence-electron chi connectivity index (χ4n) is 4.65. The summed E-state index contributed by atoms with van der Waals surface area (Å²) in [5.41, 5.74) is 0. The largest absolute Gasteiger partial charge is 0.325 e. The van der Waals surface area contributed by atoms with Crippen molar-refractivity contribution in [3.63, 3.8) is 0 Å². The SMILES string of the molecule is O=P(O)(O)CCCCCCCCCCCCCCCCCCCCCCCCCCCCBr. The highest BCUT2D eigenvalue weighted by Crippen LogP contribution is 2.35. The van der Waals surface area contributed by atoms with Gasteiger partial charge in [0.2, 0.25) is 0 Å². The van der Waals surface area contributed by atoms with Gasteiger partial charge in [0.15, 0.2) is 0 Å². The maximum atomic E-state index is 10.8. The van der Waals surface area contributed by atoms with Gasteiger partial charge in [-0.2, -0.15) is 0 Å². The summed E-state index contributed by atoms with van der Waals surface area (Å²) < 4.78 is 10.8. The highest BCUT2D eigenvalue weighted by molar-refractivity contribution is 9.09. The molecule has 0 saturated carbocycles. The number of hydrogen-bond acceptors (Lipinski definition) is 1. The zero-order valence-electron chi connectivity index (χ0n) is 21.9. The molecule has 200 valence electrons. The summed E-state index contributed by atoms with van der Waals surface area (Å²) in [6.07, 6.45) is 35.2. The van der Waals surface area contributed by atoms with Crippen LogP contribution < -0.4 is 0 Å². The molecule has 0 amide bonds. The highest BCUT2D eigenvalue weighted by atomic mass is 79.9. The van der Waals surface area contributed by atoms with Gasteiger partial charge < -0.3 is 9.79 Å². The minimum absolute atomic E-state index is 0.0610. The Balaban J connectivity index is 3.03. The molecule has 0 bridgehead atoms. The second kappa shape index (κ2) is 27.2. The fraction of sp³-hybridized carbons (Fsp3) is 1.00. The quantitative estimate of drug-likeness (QED) is 0.0576. The van der Waals surface area contributed by atoms with E-state index < -0.39 is 7.60 Å². The summed E-state index contributed by atoms with van der Waals surface area (Å²) in [5.74, 6) is 0. The third-order valence-corrected chi connectivity index (χ3v) is 8.29. The van der Waals surface area contributed by atoms with Gasteiger partial charge in [0.1, 0.15) is 0 Å². The second-order valence-electron chi connectivity index (χ2n) is 10.3. The summed E-state index contributed by atoms with van der Waals surface area (Å²) >= 11 is 3.50. The van der Waals surface area contributed by atoms with Crippen molar-refractivity contribution in [2.45, 2.75) is 167 Å². The topological polar surface area (TPSA) is 57.5 Å². The molecule has 0 aliphatic rings. The van der Waals surface area contributed by atoms with Crippen LogP contribution in [0.4, 0.5) is 0 Å². The van der Waals surface area contributed by atoms with Crippen molar-refractivity contribution >= 4 is 23.5 Å². The average molecular weight is 554 g/mol. The van der Waals surface area contributed by atoms with Gasteiger partial charge in [-0.05, 0) is 12.8 Å². The van der Waals surface area contributed by atoms with E-state index in [2.05, 4.69) is 15.9 Å². The molecular formula is C28H58BrO3P. The van der Waals surface area contributed by atoms with Crippen molar-refractivity contribution in [1.29, 1.82) is 0 Å². The van der Waals surface area contributed by atoms with Crippen LogP contribution in [0.2, 0.25) is 0 Å². The summed E-state index contributed by atoms with van der Waals surface area (Å²) in [7, 11) is -3.77. The van der Waals surface area contributed by atoms with E-state index in [9.17, 15) is 4.57 Å². The molecule has 0 fully saturated rings.